The number of hydrogen-bond donors (Lipinski definition) is 2. The first kappa shape index (κ1) is 16.4. The molecule has 0 bridgehead atoms. The number of aryl methyl sites for hydroxylation is 1. The molecule has 24 heavy (non-hydrogen) atoms. The fourth-order valence-corrected chi connectivity index (χ4v) is 3.52. The Morgan fingerprint density at radius 1 is 1.38 bits per heavy atom. The predicted molar refractivity (Wildman–Crippen MR) is 99.9 cm³/mol. The van der Waals surface area contributed by atoms with Gasteiger partial charge in [-0.2, -0.15) is 0 Å². The molecule has 1 aromatic heterocycles. The molecule has 3 N–H and O–H groups in total. The molecule has 3 rings (SSSR count). The highest BCUT2D eigenvalue weighted by atomic mass is 16.2. The summed E-state index contributed by atoms with van der Waals surface area (Å²) >= 11 is 0. The van der Waals surface area contributed by atoms with Gasteiger partial charge in [0.05, 0.1) is 16.3 Å². The summed E-state index contributed by atoms with van der Waals surface area (Å²) < 4.78 is 1.36. The third-order valence-electron chi connectivity index (χ3n) is 4.69. The van der Waals surface area contributed by atoms with E-state index in [9.17, 15) is 14.4 Å². The van der Waals surface area contributed by atoms with E-state index in [0.717, 1.165) is 5.46 Å². The minimum absolute atomic E-state index is 0.233. The highest BCUT2D eigenvalue weighted by molar-refractivity contribution is 6.35. The van der Waals surface area contributed by atoms with Crippen molar-refractivity contribution in [3.63, 3.8) is 0 Å². The summed E-state index contributed by atoms with van der Waals surface area (Å²) in [5.74, 6) is -0.795. The van der Waals surface area contributed by atoms with E-state index in [1.807, 2.05) is 7.85 Å². The van der Waals surface area contributed by atoms with E-state index in [-0.39, 0.29) is 23.7 Å². The van der Waals surface area contributed by atoms with Gasteiger partial charge in [-0.05, 0) is 25.5 Å². The molecule has 10 heteroatoms. The van der Waals surface area contributed by atoms with Crippen LogP contribution >= 0.6 is 0 Å². The van der Waals surface area contributed by atoms with E-state index >= 15 is 0 Å². The maximum atomic E-state index is 13.1. The average molecular weight is 322 g/mol. The fraction of sp³-hybridized carbons (Fsp3) is 0.286. The van der Waals surface area contributed by atoms with Gasteiger partial charge in [-0.3, -0.25) is 24.3 Å². The van der Waals surface area contributed by atoms with E-state index in [4.69, 9.17) is 5.73 Å². The first-order valence-corrected chi connectivity index (χ1v) is 7.80. The maximum absolute atomic E-state index is 13.1. The van der Waals surface area contributed by atoms with E-state index < -0.39 is 11.3 Å². The molecule has 7 nitrogen and oxygen atoms in total. The van der Waals surface area contributed by atoms with Gasteiger partial charge < -0.3 is 5.73 Å². The van der Waals surface area contributed by atoms with Crippen molar-refractivity contribution in [2.45, 2.75) is 24.6 Å². The quantitative estimate of drug-likeness (QED) is 0.319. The molecule has 1 saturated heterocycles. The number of nitrogens with zero attached hydrogens (tertiary/aromatic N) is 2. The lowest BCUT2D eigenvalue weighted by Gasteiger charge is -2.37. The molecule has 1 aromatic carbocycles. The van der Waals surface area contributed by atoms with Crippen LogP contribution in [-0.2, 0) is 15.0 Å². The molecule has 2 heterocycles. The minimum atomic E-state index is -1.19. The smallest absolute Gasteiger partial charge is 0.263 e. The van der Waals surface area contributed by atoms with Gasteiger partial charge >= 0.3 is 0 Å². The number of anilines is 1. The van der Waals surface area contributed by atoms with Crippen LogP contribution in [0.25, 0.3) is 10.9 Å². The summed E-state index contributed by atoms with van der Waals surface area (Å²) in [6.45, 7) is 1.68. The summed E-state index contributed by atoms with van der Waals surface area (Å²) in [4.78, 5) is 41.8. The number of fused-ring (bicyclic) bond motifs is 1. The summed E-state index contributed by atoms with van der Waals surface area (Å²) in [6, 6.07) is 3.50. The number of rotatable bonds is 1. The van der Waals surface area contributed by atoms with Crippen molar-refractivity contribution in [2.75, 3.05) is 5.73 Å². The normalized spacial score (nSPS) is 24.1. The lowest BCUT2D eigenvalue weighted by atomic mass is 9.63. The zero-order chi connectivity index (χ0) is 17.8. The van der Waals surface area contributed by atoms with Gasteiger partial charge in [0.1, 0.15) is 29.4 Å². The number of imide groups is 1. The van der Waals surface area contributed by atoms with Crippen LogP contribution in [0.2, 0.25) is 5.82 Å². The molecule has 1 aliphatic rings. The van der Waals surface area contributed by atoms with E-state index in [0.29, 0.717) is 22.4 Å². The molecule has 0 radical (unpaired) electrons. The van der Waals surface area contributed by atoms with E-state index in [2.05, 4.69) is 10.3 Å². The number of amides is 2. The molecular formula is C14H17B3N4O3. The SMILES string of the molecule is Bc1cc(N)c2c(=O)n(C3(B)CC(B)C(=O)NC3=O)c(C)nc2c1. The Balaban J connectivity index is 2.33. The highest BCUT2D eigenvalue weighted by Crippen LogP contribution is 2.29. The predicted octanol–water partition coefficient (Wildman–Crippen LogP) is -3.70. The second-order valence-electron chi connectivity index (χ2n) is 6.75. The number of carbonyl (C=O) groups is 2. The van der Waals surface area contributed by atoms with Crippen molar-refractivity contribution in [2.24, 2.45) is 0 Å². The van der Waals surface area contributed by atoms with Gasteiger partial charge in [-0.1, -0.05) is 5.46 Å². The Kier molecular flexibility index (Phi) is 3.58. The Hall–Kier alpha value is -2.51. The lowest BCUT2D eigenvalue weighted by molar-refractivity contribution is -0.137. The summed E-state index contributed by atoms with van der Waals surface area (Å²) in [5, 5.41) is 2.64. The number of aromatic nitrogens is 2. The number of nitrogens with one attached hydrogen (secondary N) is 1. The molecule has 2 atom stereocenters. The van der Waals surface area contributed by atoms with Crippen molar-refractivity contribution in [3.8, 4) is 0 Å². The van der Waals surface area contributed by atoms with Gasteiger partial charge in [0.15, 0.2) is 0 Å². The van der Waals surface area contributed by atoms with Crippen molar-refractivity contribution >= 4 is 57.4 Å². The van der Waals surface area contributed by atoms with E-state index in [1.54, 1.807) is 34.7 Å². The number of hydrogen-bond acceptors (Lipinski definition) is 5. The van der Waals surface area contributed by atoms with Crippen LogP contribution in [0.15, 0.2) is 16.9 Å². The maximum Gasteiger partial charge on any atom is 0.263 e. The first-order chi connectivity index (χ1) is 11.1. The first-order valence-electron chi connectivity index (χ1n) is 7.80. The number of nitrogen functional groups attached to an aromatic ring is 1. The molecule has 2 unspecified atom stereocenters. The summed E-state index contributed by atoms with van der Waals surface area (Å²) in [6.07, 6.45) is 0.233. The third-order valence-corrected chi connectivity index (χ3v) is 4.69. The van der Waals surface area contributed by atoms with Crippen LogP contribution in [-0.4, -0.2) is 44.9 Å². The highest BCUT2D eigenvalue weighted by Gasteiger charge is 2.44. The van der Waals surface area contributed by atoms with E-state index in [1.165, 1.54) is 4.57 Å². The zero-order valence-corrected chi connectivity index (χ0v) is 14.1. The minimum Gasteiger partial charge on any atom is -0.398 e. The van der Waals surface area contributed by atoms with Gasteiger partial charge in [0.25, 0.3) is 5.56 Å². The molecule has 2 aromatic rings. The summed E-state index contributed by atoms with van der Waals surface area (Å²) in [7, 11) is 5.26. The molecule has 0 saturated carbocycles. The topological polar surface area (TPSA) is 107 Å². The van der Waals surface area contributed by atoms with Crippen molar-refractivity contribution in [1.82, 2.24) is 14.9 Å². The molecule has 0 spiro atoms. The van der Waals surface area contributed by atoms with Crippen LogP contribution in [0.4, 0.5) is 5.69 Å². The van der Waals surface area contributed by atoms with Crippen LogP contribution in [0.3, 0.4) is 0 Å². The molecule has 2 amide bonds. The Morgan fingerprint density at radius 3 is 2.71 bits per heavy atom. The lowest BCUT2D eigenvalue weighted by Crippen LogP contribution is -2.60. The van der Waals surface area contributed by atoms with Crippen molar-refractivity contribution in [1.29, 1.82) is 0 Å². The zero-order valence-electron chi connectivity index (χ0n) is 14.1. The average Bonchev–Trinajstić information content (AvgIpc) is 2.43. The Labute approximate surface area is 141 Å². The summed E-state index contributed by atoms with van der Waals surface area (Å²) in [5.41, 5.74) is 6.22. The Morgan fingerprint density at radius 2 is 2.04 bits per heavy atom. The molecule has 1 aliphatic heterocycles. The molecule has 1 fully saturated rings. The monoisotopic (exact) mass is 322 g/mol. The second-order valence-corrected chi connectivity index (χ2v) is 6.75. The number of nitrogens with two attached hydrogens (primary N) is 1. The fourth-order valence-electron chi connectivity index (χ4n) is 3.52. The second kappa shape index (κ2) is 5.26. The van der Waals surface area contributed by atoms with Gasteiger partial charge in [-0.15, -0.1) is 0 Å². The standard InChI is InChI=1S/C14H17B3N4O3/c1-5-19-9-3-6(15)2-8(18)10(9)12(23)21(5)14(17)4-7(16)11(22)20-13(14)24/h2-3,7H,4,15-18H2,1H3,(H,20,22,24). The van der Waals surface area contributed by atoms with Gasteiger partial charge in [0, 0.05) is 11.5 Å². The number of carbonyl (C=O) groups excluding carboxylic acids is 2. The Bertz CT molecular complexity index is 958. The van der Waals surface area contributed by atoms with Crippen LogP contribution in [0, 0.1) is 6.92 Å². The van der Waals surface area contributed by atoms with Crippen molar-refractivity contribution in [3.05, 3.63) is 28.3 Å². The van der Waals surface area contributed by atoms with Crippen LogP contribution in [0.1, 0.15) is 12.2 Å². The van der Waals surface area contributed by atoms with Gasteiger partial charge in [-0.25, -0.2) is 4.98 Å². The molecular weight excluding hydrogens is 305 g/mol. The number of piperidine rings is 1. The number of benzene rings is 1. The third kappa shape index (κ3) is 2.25. The largest absolute Gasteiger partial charge is 0.398 e. The van der Waals surface area contributed by atoms with Crippen LogP contribution in [0.5, 0.6) is 0 Å². The van der Waals surface area contributed by atoms with Gasteiger partial charge in [0.2, 0.25) is 11.8 Å². The molecule has 0 aliphatic carbocycles. The van der Waals surface area contributed by atoms with Crippen molar-refractivity contribution < 1.29 is 9.59 Å². The van der Waals surface area contributed by atoms with Crippen LogP contribution < -0.4 is 22.1 Å². The molecule has 120 valence electrons.